The van der Waals surface area contributed by atoms with Gasteiger partial charge in [-0.05, 0) is 43.0 Å². The number of amides is 2. The molecule has 3 rings (SSSR count). The quantitative estimate of drug-likeness (QED) is 0.538. The summed E-state index contributed by atoms with van der Waals surface area (Å²) in [6.07, 6.45) is 0. The van der Waals surface area contributed by atoms with Crippen molar-refractivity contribution in [3.8, 4) is 0 Å². The van der Waals surface area contributed by atoms with Gasteiger partial charge < -0.3 is 9.80 Å². The first kappa shape index (κ1) is 20.8. The van der Waals surface area contributed by atoms with E-state index in [9.17, 15) is 9.59 Å². The van der Waals surface area contributed by atoms with Crippen molar-refractivity contribution in [2.24, 2.45) is 0 Å². The minimum absolute atomic E-state index is 0.0553. The van der Waals surface area contributed by atoms with E-state index in [1.807, 2.05) is 84.8 Å². The zero-order valence-electron chi connectivity index (χ0n) is 16.8. The first-order chi connectivity index (χ1) is 14.0. The SMILES string of the molecule is CC(C)N(CC(=O)N(Cc1ccccc1)Cc1cccs1)C(=O)c1ccccc1. The molecule has 2 aromatic carbocycles. The molecule has 0 unspecified atom stereocenters. The van der Waals surface area contributed by atoms with Crippen LogP contribution >= 0.6 is 11.3 Å². The highest BCUT2D eigenvalue weighted by molar-refractivity contribution is 7.09. The number of rotatable bonds is 8. The molecule has 0 aliphatic carbocycles. The zero-order chi connectivity index (χ0) is 20.6. The summed E-state index contributed by atoms with van der Waals surface area (Å²) in [4.78, 5) is 30.8. The molecule has 1 aromatic heterocycles. The molecule has 150 valence electrons. The molecule has 0 saturated carbocycles. The average molecular weight is 407 g/mol. The number of nitrogens with zero attached hydrogens (tertiary/aromatic N) is 2. The van der Waals surface area contributed by atoms with Crippen molar-refractivity contribution in [2.45, 2.75) is 33.0 Å². The molecule has 0 saturated heterocycles. The van der Waals surface area contributed by atoms with Crippen molar-refractivity contribution in [1.29, 1.82) is 0 Å². The van der Waals surface area contributed by atoms with Crippen molar-refractivity contribution in [3.05, 3.63) is 94.2 Å². The molecule has 3 aromatic rings. The van der Waals surface area contributed by atoms with Crippen LogP contribution in [0, 0.1) is 0 Å². The number of benzene rings is 2. The molecule has 0 fully saturated rings. The second kappa shape index (κ2) is 10.0. The molecule has 0 aliphatic heterocycles. The van der Waals surface area contributed by atoms with Crippen LogP contribution in [0.4, 0.5) is 0 Å². The number of thiophene rings is 1. The van der Waals surface area contributed by atoms with Crippen molar-refractivity contribution in [1.82, 2.24) is 9.80 Å². The minimum atomic E-state index is -0.121. The highest BCUT2D eigenvalue weighted by Gasteiger charge is 2.24. The van der Waals surface area contributed by atoms with E-state index in [0.717, 1.165) is 10.4 Å². The molecule has 0 radical (unpaired) electrons. The largest absolute Gasteiger partial charge is 0.332 e. The van der Waals surface area contributed by atoms with E-state index in [2.05, 4.69) is 0 Å². The normalized spacial score (nSPS) is 10.7. The Morgan fingerprint density at radius 2 is 1.52 bits per heavy atom. The fraction of sp³-hybridized carbons (Fsp3) is 0.250. The molecule has 0 aliphatic rings. The predicted octanol–water partition coefficient (Wildman–Crippen LogP) is 4.83. The summed E-state index contributed by atoms with van der Waals surface area (Å²) >= 11 is 1.63. The third kappa shape index (κ3) is 5.78. The third-order valence-electron chi connectivity index (χ3n) is 4.71. The minimum Gasteiger partial charge on any atom is -0.332 e. The lowest BCUT2D eigenvalue weighted by atomic mass is 10.1. The summed E-state index contributed by atoms with van der Waals surface area (Å²) < 4.78 is 0. The van der Waals surface area contributed by atoms with Crippen LogP contribution in [0.3, 0.4) is 0 Å². The first-order valence-corrected chi connectivity index (χ1v) is 10.6. The second-order valence-electron chi connectivity index (χ2n) is 7.21. The molecule has 1 heterocycles. The number of hydrogen-bond donors (Lipinski definition) is 0. The zero-order valence-corrected chi connectivity index (χ0v) is 17.6. The van der Waals surface area contributed by atoms with Crippen LogP contribution in [0.5, 0.6) is 0 Å². The van der Waals surface area contributed by atoms with Gasteiger partial charge in [0, 0.05) is 23.0 Å². The Balaban J connectivity index is 1.78. The van der Waals surface area contributed by atoms with Gasteiger partial charge >= 0.3 is 0 Å². The van der Waals surface area contributed by atoms with E-state index in [-0.39, 0.29) is 24.4 Å². The summed E-state index contributed by atoms with van der Waals surface area (Å²) in [5.74, 6) is -0.176. The Morgan fingerprint density at radius 3 is 2.10 bits per heavy atom. The molecule has 2 amide bonds. The van der Waals surface area contributed by atoms with E-state index in [1.165, 1.54) is 0 Å². The lowest BCUT2D eigenvalue weighted by Gasteiger charge is -2.30. The van der Waals surface area contributed by atoms with Gasteiger partial charge in [-0.15, -0.1) is 11.3 Å². The molecular weight excluding hydrogens is 380 g/mol. The maximum Gasteiger partial charge on any atom is 0.254 e. The molecule has 0 bridgehead atoms. The van der Waals surface area contributed by atoms with Crippen molar-refractivity contribution < 1.29 is 9.59 Å². The van der Waals surface area contributed by atoms with Crippen molar-refractivity contribution in [3.63, 3.8) is 0 Å². The molecule has 0 N–H and O–H groups in total. The highest BCUT2D eigenvalue weighted by atomic mass is 32.1. The predicted molar refractivity (Wildman–Crippen MR) is 118 cm³/mol. The van der Waals surface area contributed by atoms with Crippen LogP contribution in [0.1, 0.15) is 34.6 Å². The molecule has 29 heavy (non-hydrogen) atoms. The van der Waals surface area contributed by atoms with E-state index >= 15 is 0 Å². The van der Waals surface area contributed by atoms with Gasteiger partial charge in [0.05, 0.1) is 6.54 Å². The van der Waals surface area contributed by atoms with E-state index in [1.54, 1.807) is 28.4 Å². The van der Waals surface area contributed by atoms with E-state index in [0.29, 0.717) is 18.7 Å². The Kier molecular flexibility index (Phi) is 7.19. The third-order valence-corrected chi connectivity index (χ3v) is 5.57. The van der Waals surface area contributed by atoms with Gasteiger partial charge in [0.15, 0.2) is 0 Å². The van der Waals surface area contributed by atoms with Gasteiger partial charge in [-0.1, -0.05) is 54.6 Å². The Labute approximate surface area is 176 Å². The van der Waals surface area contributed by atoms with Gasteiger partial charge in [-0.3, -0.25) is 9.59 Å². The molecule has 4 nitrogen and oxygen atoms in total. The van der Waals surface area contributed by atoms with Gasteiger partial charge in [0.1, 0.15) is 6.54 Å². The maximum atomic E-state index is 13.3. The Morgan fingerprint density at radius 1 is 0.862 bits per heavy atom. The van der Waals surface area contributed by atoms with E-state index in [4.69, 9.17) is 0 Å². The Bertz CT molecular complexity index is 909. The van der Waals surface area contributed by atoms with Gasteiger partial charge in [0.2, 0.25) is 5.91 Å². The van der Waals surface area contributed by atoms with Crippen molar-refractivity contribution >= 4 is 23.2 Å². The number of hydrogen-bond acceptors (Lipinski definition) is 3. The van der Waals surface area contributed by atoms with Crippen LogP contribution in [0.25, 0.3) is 0 Å². The first-order valence-electron chi connectivity index (χ1n) is 9.74. The van der Waals surface area contributed by atoms with Crippen LogP contribution in [-0.4, -0.2) is 34.2 Å². The van der Waals surface area contributed by atoms with Crippen molar-refractivity contribution in [2.75, 3.05) is 6.54 Å². The summed E-state index contributed by atoms with van der Waals surface area (Å²) in [6, 6.07) is 23.0. The van der Waals surface area contributed by atoms with Gasteiger partial charge in [0.25, 0.3) is 5.91 Å². The summed E-state index contributed by atoms with van der Waals surface area (Å²) in [5, 5.41) is 2.01. The van der Waals surface area contributed by atoms with Gasteiger partial charge in [-0.25, -0.2) is 0 Å². The van der Waals surface area contributed by atoms with E-state index < -0.39 is 0 Å². The monoisotopic (exact) mass is 406 g/mol. The molecule has 0 atom stereocenters. The maximum absolute atomic E-state index is 13.3. The topological polar surface area (TPSA) is 40.6 Å². The Hall–Kier alpha value is -2.92. The lowest BCUT2D eigenvalue weighted by molar-refractivity contribution is -0.133. The smallest absolute Gasteiger partial charge is 0.254 e. The summed E-state index contributed by atoms with van der Waals surface area (Å²) in [5.41, 5.74) is 1.67. The lowest BCUT2D eigenvalue weighted by Crippen LogP contribution is -2.45. The number of carbonyl (C=O) groups excluding carboxylic acids is 2. The average Bonchev–Trinajstić information content (AvgIpc) is 3.25. The van der Waals surface area contributed by atoms with Crippen LogP contribution in [0.2, 0.25) is 0 Å². The van der Waals surface area contributed by atoms with Crippen LogP contribution < -0.4 is 0 Å². The summed E-state index contributed by atoms with van der Waals surface area (Å²) in [6.45, 7) is 4.99. The number of carbonyl (C=O) groups is 2. The molecular formula is C24H26N2O2S. The molecule has 5 heteroatoms. The fourth-order valence-electron chi connectivity index (χ4n) is 3.11. The van der Waals surface area contributed by atoms with Crippen LogP contribution in [0.15, 0.2) is 78.2 Å². The highest BCUT2D eigenvalue weighted by Crippen LogP contribution is 2.16. The van der Waals surface area contributed by atoms with Gasteiger partial charge in [-0.2, -0.15) is 0 Å². The fourth-order valence-corrected chi connectivity index (χ4v) is 3.83. The standard InChI is InChI=1S/C24H26N2O2S/c1-19(2)26(24(28)21-12-7-4-8-13-21)18-23(27)25(17-22-14-9-15-29-22)16-20-10-5-3-6-11-20/h3-15,19H,16-18H2,1-2H3. The second-order valence-corrected chi connectivity index (χ2v) is 8.24. The van der Waals surface area contributed by atoms with Crippen LogP contribution in [-0.2, 0) is 17.9 Å². The molecule has 0 spiro atoms. The summed E-state index contributed by atoms with van der Waals surface area (Å²) in [7, 11) is 0.